The van der Waals surface area contributed by atoms with Crippen LogP contribution in [0.2, 0.25) is 0 Å². The standard InChI is InChI=1S/C26H29N5O2/c1-4-29-9-5-6-19-13-30(15-23(19)29)20-8-7-18-10-21(26(32)33-24(18)11-20)22-14-31-12-16(2)27-17(3)25(31)28-22/h7-8,10-12,14,19,23H,4-6,9,13,15H2,1-3H3/t19-,23+/m0/s1. The summed E-state index contributed by atoms with van der Waals surface area (Å²) in [5, 5.41) is 0.906. The van der Waals surface area contributed by atoms with E-state index in [1.165, 1.54) is 19.4 Å². The number of likely N-dealkylation sites (tertiary alicyclic amines) is 1. The highest BCUT2D eigenvalue weighted by Crippen LogP contribution is 2.34. The summed E-state index contributed by atoms with van der Waals surface area (Å²) in [5.41, 5.74) is 4.97. The molecule has 4 aromatic rings. The molecule has 0 saturated carbocycles. The van der Waals surface area contributed by atoms with Gasteiger partial charge in [0.05, 0.1) is 22.6 Å². The van der Waals surface area contributed by atoms with Crippen molar-refractivity contribution in [1.82, 2.24) is 19.3 Å². The van der Waals surface area contributed by atoms with Gasteiger partial charge < -0.3 is 13.7 Å². The van der Waals surface area contributed by atoms with Crippen molar-refractivity contribution < 1.29 is 4.42 Å². The number of likely N-dealkylation sites (N-methyl/N-ethyl adjacent to an activating group) is 1. The SMILES string of the molecule is CCN1CCC[C@H]2CN(c3ccc4cc(-c5cn6cc(C)nc(C)c6n5)c(=O)oc4c3)C[C@H]21. The highest BCUT2D eigenvalue weighted by atomic mass is 16.4. The summed E-state index contributed by atoms with van der Waals surface area (Å²) < 4.78 is 7.72. The molecule has 2 aliphatic rings. The van der Waals surface area contributed by atoms with E-state index < -0.39 is 0 Å². The summed E-state index contributed by atoms with van der Waals surface area (Å²) in [6, 6.07) is 8.76. The molecule has 0 N–H and O–H groups in total. The van der Waals surface area contributed by atoms with Gasteiger partial charge in [0, 0.05) is 48.7 Å². The highest BCUT2D eigenvalue weighted by Gasteiger charge is 2.38. The molecule has 3 aromatic heterocycles. The van der Waals surface area contributed by atoms with Crippen molar-refractivity contribution >= 4 is 22.3 Å². The van der Waals surface area contributed by atoms with Crippen LogP contribution >= 0.6 is 0 Å². The van der Waals surface area contributed by atoms with Crippen LogP contribution in [0, 0.1) is 19.8 Å². The van der Waals surface area contributed by atoms with Crippen LogP contribution in [-0.4, -0.2) is 51.5 Å². The summed E-state index contributed by atoms with van der Waals surface area (Å²) in [6.07, 6.45) is 6.38. The summed E-state index contributed by atoms with van der Waals surface area (Å²) in [4.78, 5) is 27.1. The van der Waals surface area contributed by atoms with E-state index >= 15 is 0 Å². The molecule has 2 fully saturated rings. The molecule has 0 unspecified atom stereocenters. The number of aromatic nitrogens is 3. The van der Waals surface area contributed by atoms with Gasteiger partial charge in [-0.1, -0.05) is 6.92 Å². The zero-order chi connectivity index (χ0) is 22.7. The molecule has 5 heterocycles. The number of fused-ring (bicyclic) bond motifs is 3. The van der Waals surface area contributed by atoms with Crippen molar-refractivity contribution in [3.8, 4) is 11.3 Å². The van der Waals surface area contributed by atoms with E-state index in [1.54, 1.807) is 0 Å². The molecular weight excluding hydrogens is 414 g/mol. The second kappa shape index (κ2) is 7.70. The van der Waals surface area contributed by atoms with Crippen LogP contribution < -0.4 is 10.5 Å². The average Bonchev–Trinajstić information content (AvgIpc) is 3.42. The fraction of sp³-hybridized carbons (Fsp3) is 0.423. The van der Waals surface area contributed by atoms with Crippen molar-refractivity contribution in [1.29, 1.82) is 0 Å². The molecular formula is C26H29N5O2. The first kappa shape index (κ1) is 20.4. The van der Waals surface area contributed by atoms with E-state index in [1.807, 2.05) is 42.8 Å². The topological polar surface area (TPSA) is 66.9 Å². The normalized spacial score (nSPS) is 21.2. The number of hydrogen-bond donors (Lipinski definition) is 0. The molecule has 0 spiro atoms. The quantitative estimate of drug-likeness (QED) is 0.445. The molecule has 0 aliphatic carbocycles. The fourth-order valence-corrected chi connectivity index (χ4v) is 5.79. The summed E-state index contributed by atoms with van der Waals surface area (Å²) in [5.74, 6) is 0.723. The number of hydrogen-bond acceptors (Lipinski definition) is 6. The lowest BCUT2D eigenvalue weighted by atomic mass is 9.92. The van der Waals surface area contributed by atoms with Gasteiger partial charge in [0.25, 0.3) is 0 Å². The van der Waals surface area contributed by atoms with Crippen LogP contribution in [-0.2, 0) is 0 Å². The number of piperidine rings is 1. The van der Waals surface area contributed by atoms with Crippen molar-refractivity contribution in [3.63, 3.8) is 0 Å². The minimum absolute atomic E-state index is 0.363. The molecule has 2 atom stereocenters. The van der Waals surface area contributed by atoms with Crippen molar-refractivity contribution in [2.24, 2.45) is 5.92 Å². The number of benzene rings is 1. The Morgan fingerprint density at radius 2 is 2.00 bits per heavy atom. The molecule has 7 nitrogen and oxygen atoms in total. The summed E-state index contributed by atoms with van der Waals surface area (Å²) >= 11 is 0. The summed E-state index contributed by atoms with van der Waals surface area (Å²) in [7, 11) is 0. The maximum atomic E-state index is 12.9. The number of aryl methyl sites for hydroxylation is 2. The van der Waals surface area contributed by atoms with Crippen LogP contribution in [0.3, 0.4) is 0 Å². The predicted molar refractivity (Wildman–Crippen MR) is 130 cm³/mol. The number of imidazole rings is 1. The largest absolute Gasteiger partial charge is 0.422 e. The molecule has 7 heteroatoms. The van der Waals surface area contributed by atoms with Gasteiger partial charge in [0.15, 0.2) is 5.65 Å². The van der Waals surface area contributed by atoms with E-state index in [0.717, 1.165) is 53.7 Å². The van der Waals surface area contributed by atoms with Crippen LogP contribution in [0.4, 0.5) is 5.69 Å². The first-order valence-corrected chi connectivity index (χ1v) is 11.9. The third-order valence-corrected chi connectivity index (χ3v) is 7.39. The van der Waals surface area contributed by atoms with E-state index in [9.17, 15) is 4.79 Å². The maximum absolute atomic E-state index is 12.9. The predicted octanol–water partition coefficient (Wildman–Crippen LogP) is 4.04. The molecule has 2 saturated heterocycles. The smallest absolute Gasteiger partial charge is 0.345 e. The molecule has 0 radical (unpaired) electrons. The first-order valence-electron chi connectivity index (χ1n) is 11.9. The van der Waals surface area contributed by atoms with Gasteiger partial charge in [-0.3, -0.25) is 9.88 Å². The third-order valence-electron chi connectivity index (χ3n) is 7.39. The molecule has 6 rings (SSSR count). The molecule has 170 valence electrons. The van der Waals surface area contributed by atoms with E-state index in [2.05, 4.69) is 38.8 Å². The van der Waals surface area contributed by atoms with Crippen LogP contribution in [0.15, 0.2) is 45.9 Å². The first-order chi connectivity index (χ1) is 16.0. The van der Waals surface area contributed by atoms with Gasteiger partial charge >= 0.3 is 5.63 Å². The number of rotatable bonds is 3. The lowest BCUT2D eigenvalue weighted by Gasteiger charge is -2.35. The van der Waals surface area contributed by atoms with Crippen molar-refractivity contribution in [2.45, 2.75) is 39.7 Å². The minimum Gasteiger partial charge on any atom is -0.422 e. The van der Waals surface area contributed by atoms with E-state index in [4.69, 9.17) is 4.42 Å². The van der Waals surface area contributed by atoms with Gasteiger partial charge in [-0.15, -0.1) is 0 Å². The van der Waals surface area contributed by atoms with Gasteiger partial charge in [0.1, 0.15) is 5.58 Å². The second-order valence-corrected chi connectivity index (χ2v) is 9.50. The minimum atomic E-state index is -0.363. The van der Waals surface area contributed by atoms with Crippen LogP contribution in [0.25, 0.3) is 27.9 Å². The van der Waals surface area contributed by atoms with Crippen LogP contribution in [0.1, 0.15) is 31.2 Å². The van der Waals surface area contributed by atoms with Gasteiger partial charge in [-0.2, -0.15) is 0 Å². The number of anilines is 1. The van der Waals surface area contributed by atoms with Crippen molar-refractivity contribution in [3.05, 3.63) is 58.5 Å². The Morgan fingerprint density at radius 3 is 2.85 bits per heavy atom. The molecule has 33 heavy (non-hydrogen) atoms. The fourth-order valence-electron chi connectivity index (χ4n) is 5.79. The van der Waals surface area contributed by atoms with E-state index in [-0.39, 0.29) is 5.63 Å². The number of nitrogens with zero attached hydrogens (tertiary/aromatic N) is 5. The van der Waals surface area contributed by atoms with E-state index in [0.29, 0.717) is 22.9 Å². The van der Waals surface area contributed by atoms with Gasteiger partial charge in [-0.05, 0) is 63.9 Å². The zero-order valence-corrected chi connectivity index (χ0v) is 19.4. The Kier molecular flexibility index (Phi) is 4.76. The Morgan fingerprint density at radius 1 is 1.12 bits per heavy atom. The van der Waals surface area contributed by atoms with Gasteiger partial charge in [0.2, 0.25) is 0 Å². The third kappa shape index (κ3) is 3.42. The maximum Gasteiger partial charge on any atom is 0.345 e. The molecule has 0 amide bonds. The highest BCUT2D eigenvalue weighted by molar-refractivity contribution is 5.84. The Labute approximate surface area is 192 Å². The Balaban J connectivity index is 1.35. The summed E-state index contributed by atoms with van der Waals surface area (Å²) in [6.45, 7) is 10.6. The molecule has 1 aromatic carbocycles. The lowest BCUT2D eigenvalue weighted by molar-refractivity contribution is 0.132. The zero-order valence-electron chi connectivity index (χ0n) is 19.4. The molecule has 2 aliphatic heterocycles. The van der Waals surface area contributed by atoms with Crippen LogP contribution in [0.5, 0.6) is 0 Å². The van der Waals surface area contributed by atoms with Gasteiger partial charge in [-0.25, -0.2) is 9.78 Å². The average molecular weight is 444 g/mol. The monoisotopic (exact) mass is 443 g/mol. The second-order valence-electron chi connectivity index (χ2n) is 9.50. The lowest BCUT2D eigenvalue weighted by Crippen LogP contribution is -2.44. The Hall–Kier alpha value is -3.19. The van der Waals surface area contributed by atoms with Crippen molar-refractivity contribution in [2.75, 3.05) is 31.1 Å². The molecule has 0 bridgehead atoms. The Bertz CT molecular complexity index is 1420.